The summed E-state index contributed by atoms with van der Waals surface area (Å²) in [5, 5.41) is 11.4. The average molecular weight is 161 g/mol. The van der Waals surface area contributed by atoms with Gasteiger partial charge in [-0.15, -0.1) is 0 Å². The van der Waals surface area contributed by atoms with Gasteiger partial charge >= 0.3 is 0 Å². The highest BCUT2D eigenvalue weighted by molar-refractivity contribution is 5.39. The van der Waals surface area contributed by atoms with Crippen molar-refractivity contribution in [3.63, 3.8) is 0 Å². The number of unbranched alkanes of at least 4 members (excludes halogenated alkanes) is 1. The number of nitrogens with zero attached hydrogens (tertiary/aromatic N) is 2. The Morgan fingerprint density at radius 1 is 1.58 bits per heavy atom. The van der Waals surface area contributed by atoms with Gasteiger partial charge in [-0.1, -0.05) is 0 Å². The maximum absolute atomic E-state index is 8.27. The van der Waals surface area contributed by atoms with E-state index >= 15 is 0 Å². The van der Waals surface area contributed by atoms with Gasteiger partial charge in [0.25, 0.3) is 0 Å². The number of pyridine rings is 1. The molecule has 1 aromatic rings. The number of anilines is 1. The Labute approximate surface area is 72.1 Å². The number of aromatic nitrogens is 1. The lowest BCUT2D eigenvalue weighted by Crippen LogP contribution is -2.00. The van der Waals surface area contributed by atoms with Crippen LogP contribution in [-0.2, 0) is 0 Å². The van der Waals surface area contributed by atoms with Crippen molar-refractivity contribution in [1.29, 1.82) is 5.26 Å². The first kappa shape index (κ1) is 8.54. The lowest BCUT2D eigenvalue weighted by molar-refractivity contribution is 0.896. The molecule has 0 spiro atoms. The third-order valence-corrected chi connectivity index (χ3v) is 1.46. The fourth-order valence-electron chi connectivity index (χ4n) is 0.867. The van der Waals surface area contributed by atoms with Gasteiger partial charge in [-0.3, -0.25) is 4.98 Å². The normalized spacial score (nSPS) is 8.92. The minimum atomic E-state index is 0.604. The molecule has 1 rings (SSSR count). The van der Waals surface area contributed by atoms with E-state index in [2.05, 4.69) is 16.4 Å². The van der Waals surface area contributed by atoms with Crippen molar-refractivity contribution in [3.05, 3.63) is 24.5 Å². The van der Waals surface area contributed by atoms with Crippen molar-refractivity contribution < 1.29 is 0 Å². The number of hydrogen-bond acceptors (Lipinski definition) is 3. The molecule has 12 heavy (non-hydrogen) atoms. The molecule has 3 nitrogen and oxygen atoms in total. The standard InChI is InChI=1S/C9H11N3/c10-5-1-2-7-12-9-4-3-6-11-8-9/h3-4,6,8,12H,1-2,7H2. The van der Waals surface area contributed by atoms with Crippen LogP contribution < -0.4 is 5.32 Å². The fraction of sp³-hybridized carbons (Fsp3) is 0.333. The Bertz CT molecular complexity index is 250. The van der Waals surface area contributed by atoms with E-state index in [0.29, 0.717) is 6.42 Å². The van der Waals surface area contributed by atoms with E-state index in [0.717, 1.165) is 18.7 Å². The van der Waals surface area contributed by atoms with E-state index in [9.17, 15) is 0 Å². The monoisotopic (exact) mass is 161 g/mol. The first-order valence-electron chi connectivity index (χ1n) is 3.94. The van der Waals surface area contributed by atoms with Gasteiger partial charge in [-0.25, -0.2) is 0 Å². The summed E-state index contributed by atoms with van der Waals surface area (Å²) in [7, 11) is 0. The highest BCUT2D eigenvalue weighted by atomic mass is 14.9. The number of hydrogen-bond donors (Lipinski definition) is 1. The Balaban J connectivity index is 2.21. The highest BCUT2D eigenvalue weighted by Crippen LogP contribution is 2.02. The molecule has 0 atom stereocenters. The van der Waals surface area contributed by atoms with Gasteiger partial charge in [0.2, 0.25) is 0 Å². The summed E-state index contributed by atoms with van der Waals surface area (Å²) in [4.78, 5) is 3.96. The van der Waals surface area contributed by atoms with Gasteiger partial charge in [0.15, 0.2) is 0 Å². The van der Waals surface area contributed by atoms with Gasteiger partial charge in [-0.2, -0.15) is 5.26 Å². The molecule has 0 amide bonds. The van der Waals surface area contributed by atoms with Gasteiger partial charge in [-0.05, 0) is 18.6 Å². The minimum absolute atomic E-state index is 0.604. The molecule has 1 aromatic heterocycles. The van der Waals surface area contributed by atoms with Gasteiger partial charge in [0, 0.05) is 25.4 Å². The fourth-order valence-corrected chi connectivity index (χ4v) is 0.867. The van der Waals surface area contributed by atoms with Gasteiger partial charge in [0.05, 0.1) is 11.8 Å². The molecule has 0 aliphatic carbocycles. The highest BCUT2D eigenvalue weighted by Gasteiger charge is 1.88. The molecule has 0 unspecified atom stereocenters. The van der Waals surface area contributed by atoms with Crippen LogP contribution in [0.25, 0.3) is 0 Å². The van der Waals surface area contributed by atoms with Crippen molar-refractivity contribution in [2.75, 3.05) is 11.9 Å². The van der Waals surface area contributed by atoms with Crippen molar-refractivity contribution in [3.8, 4) is 6.07 Å². The van der Waals surface area contributed by atoms with Crippen molar-refractivity contribution in [2.45, 2.75) is 12.8 Å². The third-order valence-electron chi connectivity index (χ3n) is 1.46. The van der Waals surface area contributed by atoms with E-state index in [-0.39, 0.29) is 0 Å². The van der Waals surface area contributed by atoms with Crippen LogP contribution in [0.15, 0.2) is 24.5 Å². The molecule has 0 radical (unpaired) electrons. The molecule has 3 heteroatoms. The van der Waals surface area contributed by atoms with Crippen LogP contribution in [0, 0.1) is 11.3 Å². The van der Waals surface area contributed by atoms with Crippen molar-refractivity contribution >= 4 is 5.69 Å². The molecule has 0 saturated carbocycles. The molecule has 0 bridgehead atoms. The summed E-state index contributed by atoms with van der Waals surface area (Å²) < 4.78 is 0. The Morgan fingerprint density at radius 3 is 3.17 bits per heavy atom. The lowest BCUT2D eigenvalue weighted by Gasteiger charge is -2.02. The summed E-state index contributed by atoms with van der Waals surface area (Å²) in [5.41, 5.74) is 1.01. The molecule has 0 saturated heterocycles. The zero-order valence-corrected chi connectivity index (χ0v) is 6.83. The van der Waals surface area contributed by atoms with E-state index in [1.807, 2.05) is 12.1 Å². The quantitative estimate of drug-likeness (QED) is 0.685. The Hall–Kier alpha value is -1.56. The first-order valence-corrected chi connectivity index (χ1v) is 3.94. The topological polar surface area (TPSA) is 48.7 Å². The third kappa shape index (κ3) is 3.02. The van der Waals surface area contributed by atoms with Crippen LogP contribution in [0.5, 0.6) is 0 Å². The Kier molecular flexibility index (Phi) is 3.65. The zero-order chi connectivity index (χ0) is 8.65. The summed E-state index contributed by atoms with van der Waals surface area (Å²) in [6.45, 7) is 0.833. The predicted octanol–water partition coefficient (Wildman–Crippen LogP) is 1.80. The van der Waals surface area contributed by atoms with Gasteiger partial charge in [0.1, 0.15) is 0 Å². The van der Waals surface area contributed by atoms with Gasteiger partial charge < -0.3 is 5.32 Å². The largest absolute Gasteiger partial charge is 0.384 e. The SMILES string of the molecule is N#CCCCNc1cccnc1. The molecule has 0 aliphatic heterocycles. The summed E-state index contributed by atoms with van der Waals surface area (Å²) in [6.07, 6.45) is 4.99. The Morgan fingerprint density at radius 2 is 2.50 bits per heavy atom. The summed E-state index contributed by atoms with van der Waals surface area (Å²) >= 11 is 0. The molecular weight excluding hydrogens is 150 g/mol. The van der Waals surface area contributed by atoms with E-state index in [1.165, 1.54) is 0 Å². The van der Waals surface area contributed by atoms with Crippen LogP contribution >= 0.6 is 0 Å². The maximum Gasteiger partial charge on any atom is 0.0622 e. The van der Waals surface area contributed by atoms with Crippen LogP contribution in [0.2, 0.25) is 0 Å². The maximum atomic E-state index is 8.27. The summed E-state index contributed by atoms with van der Waals surface area (Å²) in [5.74, 6) is 0. The van der Waals surface area contributed by atoms with E-state index < -0.39 is 0 Å². The molecule has 0 aromatic carbocycles. The van der Waals surface area contributed by atoms with Crippen LogP contribution in [0.1, 0.15) is 12.8 Å². The number of rotatable bonds is 4. The molecule has 0 fully saturated rings. The average Bonchev–Trinajstić information content (AvgIpc) is 2.14. The number of nitriles is 1. The second kappa shape index (κ2) is 5.14. The van der Waals surface area contributed by atoms with Crippen LogP contribution in [-0.4, -0.2) is 11.5 Å². The molecule has 1 N–H and O–H groups in total. The molecule has 1 heterocycles. The minimum Gasteiger partial charge on any atom is -0.384 e. The van der Waals surface area contributed by atoms with E-state index in [4.69, 9.17) is 5.26 Å². The molecule has 0 aliphatic rings. The number of nitrogens with one attached hydrogen (secondary N) is 1. The van der Waals surface area contributed by atoms with Crippen molar-refractivity contribution in [1.82, 2.24) is 4.98 Å². The lowest BCUT2D eigenvalue weighted by atomic mass is 10.3. The first-order chi connectivity index (χ1) is 5.93. The predicted molar refractivity (Wildman–Crippen MR) is 47.6 cm³/mol. The smallest absolute Gasteiger partial charge is 0.0622 e. The zero-order valence-electron chi connectivity index (χ0n) is 6.83. The van der Waals surface area contributed by atoms with Crippen molar-refractivity contribution in [2.24, 2.45) is 0 Å². The van der Waals surface area contributed by atoms with Crippen LogP contribution in [0.3, 0.4) is 0 Å². The molecule has 62 valence electrons. The van der Waals surface area contributed by atoms with E-state index in [1.54, 1.807) is 12.4 Å². The second-order valence-corrected chi connectivity index (χ2v) is 2.43. The summed E-state index contributed by atoms with van der Waals surface area (Å²) in [6, 6.07) is 5.94. The second-order valence-electron chi connectivity index (χ2n) is 2.43. The van der Waals surface area contributed by atoms with Crippen LogP contribution in [0.4, 0.5) is 5.69 Å². The molecular formula is C9H11N3.